The standard InChI is InChI=1S/C15H17N3O3S/c19-14(13-9-17-18-6-2-5-16-15(13)18)10-7-11-3-1-4-12(8-10)22(11,20)21/h2,5-6,9-12H,1,3-4,7-8H2. The van der Waals surface area contributed by atoms with E-state index in [1.54, 1.807) is 29.2 Å². The van der Waals surface area contributed by atoms with E-state index in [0.29, 0.717) is 36.9 Å². The summed E-state index contributed by atoms with van der Waals surface area (Å²) in [6, 6.07) is 1.76. The number of sulfone groups is 1. The molecule has 2 atom stereocenters. The van der Waals surface area contributed by atoms with E-state index in [1.165, 1.54) is 0 Å². The van der Waals surface area contributed by atoms with Crippen molar-refractivity contribution in [1.29, 1.82) is 0 Å². The van der Waals surface area contributed by atoms with Gasteiger partial charge in [-0.1, -0.05) is 6.42 Å². The van der Waals surface area contributed by atoms with Crippen molar-refractivity contribution in [3.8, 4) is 0 Å². The maximum atomic E-state index is 12.8. The molecule has 6 nitrogen and oxygen atoms in total. The number of hydrogen-bond acceptors (Lipinski definition) is 5. The van der Waals surface area contributed by atoms with Crippen LogP contribution in [0.5, 0.6) is 0 Å². The third kappa shape index (κ3) is 1.99. The predicted molar refractivity (Wildman–Crippen MR) is 80.4 cm³/mol. The van der Waals surface area contributed by atoms with Gasteiger partial charge in [-0.2, -0.15) is 5.10 Å². The number of ketones is 1. The van der Waals surface area contributed by atoms with Crippen molar-refractivity contribution >= 4 is 21.3 Å². The summed E-state index contributed by atoms with van der Waals surface area (Å²) in [5.41, 5.74) is 1.05. The van der Waals surface area contributed by atoms with Gasteiger partial charge in [0.1, 0.15) is 0 Å². The molecule has 0 radical (unpaired) electrons. The number of carbonyl (C=O) groups is 1. The molecule has 0 spiro atoms. The first-order chi connectivity index (χ1) is 10.6. The molecule has 7 heteroatoms. The molecule has 2 aliphatic heterocycles. The van der Waals surface area contributed by atoms with Crippen molar-refractivity contribution in [2.45, 2.75) is 42.6 Å². The molecule has 0 amide bonds. The number of rotatable bonds is 2. The molecule has 2 aromatic heterocycles. The highest BCUT2D eigenvalue weighted by atomic mass is 32.2. The SMILES string of the molecule is O=C(c1cnn2cccnc12)C1CC2CCCC(C1)S2(=O)=O. The van der Waals surface area contributed by atoms with Gasteiger partial charge in [-0.3, -0.25) is 4.79 Å². The Labute approximate surface area is 128 Å². The Kier molecular flexibility index (Phi) is 3.07. The molecule has 2 unspecified atom stereocenters. The number of hydrogen-bond donors (Lipinski definition) is 0. The molecule has 0 aliphatic carbocycles. The quantitative estimate of drug-likeness (QED) is 0.786. The van der Waals surface area contributed by atoms with E-state index < -0.39 is 9.84 Å². The monoisotopic (exact) mass is 319 g/mol. The van der Waals surface area contributed by atoms with Gasteiger partial charge in [0.15, 0.2) is 21.3 Å². The first kappa shape index (κ1) is 13.9. The van der Waals surface area contributed by atoms with E-state index in [9.17, 15) is 13.2 Å². The van der Waals surface area contributed by atoms with Gasteiger partial charge in [0.05, 0.1) is 22.3 Å². The average Bonchev–Trinajstić information content (AvgIpc) is 2.89. The lowest BCUT2D eigenvalue weighted by Gasteiger charge is -2.37. The molecule has 4 heterocycles. The van der Waals surface area contributed by atoms with Gasteiger partial charge >= 0.3 is 0 Å². The van der Waals surface area contributed by atoms with Crippen LogP contribution in [0.2, 0.25) is 0 Å². The van der Waals surface area contributed by atoms with Crippen molar-refractivity contribution in [2.24, 2.45) is 5.92 Å². The van der Waals surface area contributed by atoms with Gasteiger partial charge in [0.2, 0.25) is 0 Å². The number of nitrogens with zero attached hydrogens (tertiary/aromatic N) is 3. The zero-order valence-electron chi connectivity index (χ0n) is 12.1. The predicted octanol–water partition coefficient (Wildman–Crippen LogP) is 1.66. The second-order valence-corrected chi connectivity index (χ2v) is 8.75. The Balaban J connectivity index is 1.67. The molecular formula is C15H17N3O3S. The molecular weight excluding hydrogens is 302 g/mol. The van der Waals surface area contributed by atoms with Crippen LogP contribution in [0.3, 0.4) is 0 Å². The summed E-state index contributed by atoms with van der Waals surface area (Å²) in [5.74, 6) is -0.241. The summed E-state index contributed by atoms with van der Waals surface area (Å²) >= 11 is 0. The summed E-state index contributed by atoms with van der Waals surface area (Å²) in [6.45, 7) is 0. The normalized spacial score (nSPS) is 30.3. The Bertz CT molecular complexity index is 823. The lowest BCUT2D eigenvalue weighted by atomic mass is 9.85. The van der Waals surface area contributed by atoms with Crippen LogP contribution in [0.1, 0.15) is 42.5 Å². The maximum Gasteiger partial charge on any atom is 0.171 e. The third-order valence-electron chi connectivity index (χ3n) is 4.99. The van der Waals surface area contributed by atoms with Crippen LogP contribution in [-0.2, 0) is 9.84 Å². The van der Waals surface area contributed by atoms with Crippen LogP contribution in [0.15, 0.2) is 24.7 Å². The molecule has 2 aromatic rings. The molecule has 22 heavy (non-hydrogen) atoms. The van der Waals surface area contributed by atoms with Crippen LogP contribution < -0.4 is 0 Å². The lowest BCUT2D eigenvalue weighted by Crippen LogP contribution is -2.45. The summed E-state index contributed by atoms with van der Waals surface area (Å²) in [5, 5.41) is 3.46. The van der Waals surface area contributed by atoms with Crippen molar-refractivity contribution in [3.63, 3.8) is 0 Å². The van der Waals surface area contributed by atoms with Gasteiger partial charge in [-0.05, 0) is 31.7 Å². The van der Waals surface area contributed by atoms with Crippen LogP contribution in [-0.4, -0.2) is 39.3 Å². The topological polar surface area (TPSA) is 81.4 Å². The molecule has 4 rings (SSSR count). The summed E-state index contributed by atoms with van der Waals surface area (Å²) < 4.78 is 26.2. The van der Waals surface area contributed by atoms with Gasteiger partial charge < -0.3 is 0 Å². The van der Waals surface area contributed by atoms with E-state index in [2.05, 4.69) is 10.1 Å². The minimum absolute atomic E-state index is 0.0134. The van der Waals surface area contributed by atoms with Crippen LogP contribution >= 0.6 is 0 Å². The number of aromatic nitrogens is 3. The number of carbonyl (C=O) groups excluding carboxylic acids is 1. The largest absolute Gasteiger partial charge is 0.294 e. The second kappa shape index (κ2) is 4.87. The molecule has 2 fully saturated rings. The zero-order valence-corrected chi connectivity index (χ0v) is 12.9. The molecule has 0 aromatic carbocycles. The first-order valence-corrected chi connectivity index (χ1v) is 9.23. The van der Waals surface area contributed by atoms with Crippen LogP contribution in [0.25, 0.3) is 5.65 Å². The van der Waals surface area contributed by atoms with E-state index in [4.69, 9.17) is 0 Å². The zero-order chi connectivity index (χ0) is 15.3. The van der Waals surface area contributed by atoms with Crippen molar-refractivity contribution in [2.75, 3.05) is 0 Å². The Morgan fingerprint density at radius 2 is 1.95 bits per heavy atom. The van der Waals surface area contributed by atoms with E-state index in [1.807, 2.05) is 0 Å². The highest BCUT2D eigenvalue weighted by Gasteiger charge is 2.46. The van der Waals surface area contributed by atoms with Crippen molar-refractivity contribution in [3.05, 3.63) is 30.2 Å². The van der Waals surface area contributed by atoms with Crippen molar-refractivity contribution < 1.29 is 13.2 Å². The molecule has 0 N–H and O–H groups in total. The summed E-state index contributed by atoms with van der Waals surface area (Å²) in [7, 11) is -3.03. The van der Waals surface area contributed by atoms with Gasteiger partial charge in [-0.25, -0.2) is 17.9 Å². The highest BCUT2D eigenvalue weighted by molar-refractivity contribution is 7.92. The van der Waals surface area contributed by atoms with Crippen molar-refractivity contribution in [1.82, 2.24) is 14.6 Å². The Morgan fingerprint density at radius 3 is 2.68 bits per heavy atom. The van der Waals surface area contributed by atoms with Gasteiger partial charge in [0.25, 0.3) is 0 Å². The minimum Gasteiger partial charge on any atom is -0.294 e. The van der Waals surface area contributed by atoms with E-state index >= 15 is 0 Å². The smallest absolute Gasteiger partial charge is 0.171 e. The van der Waals surface area contributed by atoms with E-state index in [-0.39, 0.29) is 22.2 Å². The maximum absolute atomic E-state index is 12.8. The molecule has 0 saturated carbocycles. The fourth-order valence-corrected chi connectivity index (χ4v) is 6.38. The van der Waals surface area contributed by atoms with Crippen LogP contribution in [0, 0.1) is 5.92 Å². The van der Waals surface area contributed by atoms with Gasteiger partial charge in [-0.15, -0.1) is 0 Å². The average molecular weight is 319 g/mol. The molecule has 2 saturated heterocycles. The molecule has 2 aliphatic rings. The number of Topliss-reactive ketones (excluding diaryl/α,β-unsaturated/α-hetero) is 1. The highest BCUT2D eigenvalue weighted by Crippen LogP contribution is 2.40. The summed E-state index contributed by atoms with van der Waals surface area (Å²) in [6.07, 6.45) is 8.15. The Hall–Kier alpha value is -1.76. The fraction of sp³-hybridized carbons (Fsp3) is 0.533. The first-order valence-electron chi connectivity index (χ1n) is 7.62. The fourth-order valence-electron chi connectivity index (χ4n) is 3.84. The minimum atomic E-state index is -3.03. The molecule has 2 bridgehead atoms. The third-order valence-corrected chi connectivity index (χ3v) is 7.71. The van der Waals surface area contributed by atoms with Gasteiger partial charge in [0, 0.05) is 18.3 Å². The second-order valence-electron chi connectivity index (χ2n) is 6.24. The number of fused-ring (bicyclic) bond motifs is 3. The summed E-state index contributed by atoms with van der Waals surface area (Å²) in [4.78, 5) is 17.0. The van der Waals surface area contributed by atoms with Crippen LogP contribution in [0.4, 0.5) is 0 Å². The Morgan fingerprint density at radius 1 is 1.23 bits per heavy atom. The molecule has 116 valence electrons. The van der Waals surface area contributed by atoms with E-state index in [0.717, 1.165) is 6.42 Å². The lowest BCUT2D eigenvalue weighted by molar-refractivity contribution is 0.0895.